The van der Waals surface area contributed by atoms with Gasteiger partial charge in [-0.1, -0.05) is 0 Å². The van der Waals surface area contributed by atoms with Crippen molar-refractivity contribution in [3.63, 3.8) is 0 Å². The van der Waals surface area contributed by atoms with Crippen LogP contribution in [0.15, 0.2) is 18.2 Å². The summed E-state index contributed by atoms with van der Waals surface area (Å²) < 4.78 is 36.3. The van der Waals surface area contributed by atoms with Gasteiger partial charge in [-0.25, -0.2) is 23.4 Å². The molecule has 3 aromatic heterocycles. The van der Waals surface area contributed by atoms with E-state index in [0.717, 1.165) is 25.1 Å². The number of fused-ring (bicyclic) bond motifs is 4. The third kappa shape index (κ3) is 5.59. The van der Waals surface area contributed by atoms with E-state index in [1.54, 1.807) is 22.7 Å². The maximum atomic E-state index is 14.1. The van der Waals surface area contributed by atoms with E-state index in [9.17, 15) is 13.6 Å². The first-order valence-electron chi connectivity index (χ1n) is 11.3. The Morgan fingerprint density at radius 1 is 1.14 bits per heavy atom. The molecule has 10 nitrogen and oxygen atoms in total. The van der Waals surface area contributed by atoms with Crippen LogP contribution >= 0.6 is 0 Å². The molecule has 12 heteroatoms. The molecular formula is C25H26F2N8O2. The first-order valence-corrected chi connectivity index (χ1v) is 11.3. The summed E-state index contributed by atoms with van der Waals surface area (Å²) in [5.41, 5.74) is 6.46. The summed E-state index contributed by atoms with van der Waals surface area (Å²) in [5, 5.41) is 8.85. The van der Waals surface area contributed by atoms with Crippen molar-refractivity contribution in [1.82, 2.24) is 34.3 Å². The number of rotatable bonds is 6. The Labute approximate surface area is 212 Å². The molecule has 0 fully saturated rings. The van der Waals surface area contributed by atoms with Crippen molar-refractivity contribution < 1.29 is 18.3 Å². The van der Waals surface area contributed by atoms with Crippen LogP contribution in [0.4, 0.5) is 14.7 Å². The lowest BCUT2D eigenvalue weighted by Gasteiger charge is -2.15. The van der Waals surface area contributed by atoms with Crippen molar-refractivity contribution in [2.45, 2.75) is 32.2 Å². The van der Waals surface area contributed by atoms with E-state index in [1.165, 1.54) is 4.52 Å². The predicted octanol–water partition coefficient (Wildman–Crippen LogP) is 2.71. The fraction of sp³-hybridized carbons (Fsp3) is 0.320. The number of aryl methyl sites for hydroxylation is 2. The van der Waals surface area contributed by atoms with Crippen molar-refractivity contribution in [3.8, 4) is 31.6 Å². The van der Waals surface area contributed by atoms with Gasteiger partial charge in [0.1, 0.15) is 11.3 Å². The number of unbranched alkanes of at least 4 members (excludes halogenated alkanes) is 1. The Bertz CT molecular complexity index is 1430. The number of nitrogens with two attached hydrogens (primary N) is 1. The molecule has 4 aromatic rings. The van der Waals surface area contributed by atoms with Crippen LogP contribution < -0.4 is 10.5 Å². The van der Waals surface area contributed by atoms with Crippen molar-refractivity contribution >= 4 is 28.4 Å². The molecule has 4 heterocycles. The van der Waals surface area contributed by atoms with Crippen LogP contribution in [0, 0.1) is 37.3 Å². The molecule has 0 saturated carbocycles. The third-order valence-electron chi connectivity index (χ3n) is 5.58. The zero-order valence-electron chi connectivity index (χ0n) is 20.3. The normalized spacial score (nSPS) is 12.0. The first kappa shape index (κ1) is 26.9. The Balaban J connectivity index is 0.000000907. The Kier molecular flexibility index (Phi) is 8.59. The van der Waals surface area contributed by atoms with Crippen LogP contribution in [0.3, 0.4) is 0 Å². The zero-order valence-corrected chi connectivity index (χ0v) is 20.3. The number of nitrogens with zero attached hydrogens (tertiary/aromatic N) is 7. The second-order valence-electron chi connectivity index (χ2n) is 7.99. The van der Waals surface area contributed by atoms with E-state index < -0.39 is 11.6 Å². The fourth-order valence-corrected chi connectivity index (χ4v) is 3.91. The molecule has 5 rings (SSSR count). The molecule has 1 aliphatic heterocycles. The summed E-state index contributed by atoms with van der Waals surface area (Å²) in [7, 11) is 1.73. The molecule has 1 aliphatic rings. The second-order valence-corrected chi connectivity index (χ2v) is 7.99. The number of anilines is 1. The van der Waals surface area contributed by atoms with E-state index in [0.29, 0.717) is 49.8 Å². The summed E-state index contributed by atoms with van der Waals surface area (Å²) in [5.74, 6) is -0.623. The van der Waals surface area contributed by atoms with Crippen LogP contribution in [-0.4, -0.2) is 60.4 Å². The van der Waals surface area contributed by atoms with Crippen LogP contribution in [-0.2, 0) is 13.0 Å². The molecule has 0 aliphatic carbocycles. The van der Waals surface area contributed by atoms with Crippen molar-refractivity contribution in [2.24, 2.45) is 0 Å². The largest absolute Gasteiger partial charge is 0.478 e. The summed E-state index contributed by atoms with van der Waals surface area (Å²) in [6.45, 7) is 1.90. The van der Waals surface area contributed by atoms with Crippen LogP contribution in [0.1, 0.15) is 35.6 Å². The predicted molar refractivity (Wildman–Crippen MR) is 135 cm³/mol. The molecule has 0 bridgehead atoms. The van der Waals surface area contributed by atoms with Gasteiger partial charge >= 0.3 is 0 Å². The molecule has 0 saturated heterocycles. The van der Waals surface area contributed by atoms with Gasteiger partial charge in [0, 0.05) is 45.1 Å². The number of aromatic nitrogens is 6. The van der Waals surface area contributed by atoms with Crippen molar-refractivity contribution in [1.29, 1.82) is 0 Å². The standard InChI is InChI=1S/C21H22F2N8O2.2C2H2/c1-29(20(32)15-11-17-30(27-15)7-4-8-33-17)6-3-2-5-16-25-19-13-9-12(22)10-14(23)18(13)26-21(24)31(19)28-16;2*1-2/h9-11H,2-8H2,1H3,(H2,24,26);2*1-2H. The molecule has 1 amide bonds. The molecule has 0 unspecified atom stereocenters. The topological polar surface area (TPSA) is 116 Å². The van der Waals surface area contributed by atoms with Gasteiger partial charge in [-0.2, -0.15) is 9.61 Å². The van der Waals surface area contributed by atoms with Gasteiger partial charge in [0.15, 0.2) is 23.0 Å². The van der Waals surface area contributed by atoms with Gasteiger partial charge in [0.25, 0.3) is 5.91 Å². The highest BCUT2D eigenvalue weighted by Gasteiger charge is 2.20. The zero-order chi connectivity index (χ0) is 27.1. The summed E-state index contributed by atoms with van der Waals surface area (Å²) in [6.07, 6.45) is 18.8. The number of carbonyl (C=O) groups excluding carboxylic acids is 1. The molecule has 2 N–H and O–H groups in total. The number of ether oxygens (including phenoxy) is 1. The van der Waals surface area contributed by atoms with E-state index in [2.05, 4.69) is 45.9 Å². The highest BCUT2D eigenvalue weighted by Crippen LogP contribution is 2.24. The van der Waals surface area contributed by atoms with Crippen LogP contribution in [0.5, 0.6) is 5.88 Å². The van der Waals surface area contributed by atoms with E-state index in [4.69, 9.17) is 10.5 Å². The average molecular weight is 509 g/mol. The summed E-state index contributed by atoms with van der Waals surface area (Å²) in [6, 6.07) is 3.59. The number of hydrogen-bond donors (Lipinski definition) is 1. The number of hydrogen-bond acceptors (Lipinski definition) is 7. The lowest BCUT2D eigenvalue weighted by molar-refractivity contribution is 0.0786. The van der Waals surface area contributed by atoms with Crippen LogP contribution in [0.2, 0.25) is 0 Å². The Morgan fingerprint density at radius 3 is 2.62 bits per heavy atom. The SMILES string of the molecule is C#C.C#C.CN(CCCCc1nc2c3cc(F)cc(F)c3nc(N)n2n1)C(=O)c1cc2n(n1)CCCO2. The molecule has 0 spiro atoms. The minimum Gasteiger partial charge on any atom is -0.478 e. The molecule has 0 radical (unpaired) electrons. The second kappa shape index (κ2) is 11.8. The van der Waals surface area contributed by atoms with E-state index in [1.807, 2.05) is 0 Å². The fourth-order valence-electron chi connectivity index (χ4n) is 3.91. The van der Waals surface area contributed by atoms with Crippen molar-refractivity contribution in [2.75, 3.05) is 25.9 Å². The number of nitrogen functional groups attached to an aromatic ring is 1. The molecular weight excluding hydrogens is 482 g/mol. The lowest BCUT2D eigenvalue weighted by Crippen LogP contribution is -2.28. The summed E-state index contributed by atoms with van der Waals surface area (Å²) in [4.78, 5) is 22.7. The average Bonchev–Trinajstić information content (AvgIpc) is 3.54. The minimum atomic E-state index is -0.804. The van der Waals surface area contributed by atoms with Gasteiger partial charge in [-0.05, 0) is 18.9 Å². The summed E-state index contributed by atoms with van der Waals surface area (Å²) >= 11 is 0. The first-order chi connectivity index (χ1) is 17.9. The molecule has 37 heavy (non-hydrogen) atoms. The van der Waals surface area contributed by atoms with Crippen molar-refractivity contribution in [3.05, 3.63) is 41.4 Å². The van der Waals surface area contributed by atoms with Gasteiger partial charge in [-0.3, -0.25) is 4.79 Å². The van der Waals surface area contributed by atoms with E-state index >= 15 is 0 Å². The van der Waals surface area contributed by atoms with Gasteiger partial charge in [0.05, 0.1) is 12.0 Å². The number of halogens is 2. The quantitative estimate of drug-likeness (QED) is 0.314. The highest BCUT2D eigenvalue weighted by atomic mass is 19.1. The maximum absolute atomic E-state index is 14.1. The monoisotopic (exact) mass is 508 g/mol. The molecule has 0 atom stereocenters. The minimum absolute atomic E-state index is 0.0289. The number of carbonyl (C=O) groups is 1. The Morgan fingerprint density at radius 2 is 1.89 bits per heavy atom. The third-order valence-corrected chi connectivity index (χ3v) is 5.58. The Hall–Kier alpha value is -4.71. The number of amides is 1. The van der Waals surface area contributed by atoms with E-state index in [-0.39, 0.29) is 28.4 Å². The lowest BCUT2D eigenvalue weighted by atomic mass is 10.2. The maximum Gasteiger partial charge on any atom is 0.274 e. The van der Waals surface area contributed by atoms with Gasteiger partial charge in [-0.15, -0.1) is 30.8 Å². The highest BCUT2D eigenvalue weighted by molar-refractivity contribution is 5.93. The van der Waals surface area contributed by atoms with Crippen LogP contribution in [0.25, 0.3) is 16.6 Å². The van der Waals surface area contributed by atoms with Gasteiger partial charge in [0.2, 0.25) is 11.8 Å². The smallest absolute Gasteiger partial charge is 0.274 e. The molecule has 192 valence electrons. The number of benzene rings is 1. The van der Waals surface area contributed by atoms with Gasteiger partial charge < -0.3 is 15.4 Å². The number of terminal acetylenes is 2. The molecule has 1 aromatic carbocycles.